The predicted octanol–water partition coefficient (Wildman–Crippen LogP) is 4.38. The average molecular weight is 438 g/mol. The van der Waals surface area contributed by atoms with Crippen molar-refractivity contribution in [3.05, 3.63) is 23.8 Å². The Morgan fingerprint density at radius 1 is 1.23 bits per heavy atom. The van der Waals surface area contributed by atoms with Gasteiger partial charge in [-0.1, -0.05) is 63.3 Å². The van der Waals surface area contributed by atoms with Crippen LogP contribution in [0.4, 0.5) is 0 Å². The van der Waals surface area contributed by atoms with Gasteiger partial charge in [0, 0.05) is 27.7 Å². The molecule has 2 atom stereocenters. The second-order valence-corrected chi connectivity index (χ2v) is 7.63. The lowest BCUT2D eigenvalue weighted by Crippen LogP contribution is -2.24. The summed E-state index contributed by atoms with van der Waals surface area (Å²) in [6, 6.07) is 0. The molecule has 0 heterocycles. The standard InChI is InChI=1S/C16H22Br2O4/c1-10(16(21)22)13(7-12(18)9-17)14(8-15(19)20)11-5-3-2-4-6-11/h8,11-13H,1-7,9H2,(H,19,20)(H,21,22). The second kappa shape index (κ2) is 9.50. The molecule has 0 saturated heterocycles. The first kappa shape index (κ1) is 19.4. The number of alkyl halides is 2. The Kier molecular flexibility index (Phi) is 8.39. The second-order valence-electron chi connectivity index (χ2n) is 5.69. The number of allylic oxidation sites excluding steroid dienone is 1. The molecule has 0 aliphatic heterocycles. The number of aliphatic carboxylic acids is 2. The molecule has 1 rings (SSSR count). The number of carbonyl (C=O) groups is 2. The van der Waals surface area contributed by atoms with Crippen LogP contribution in [-0.2, 0) is 9.59 Å². The highest BCUT2D eigenvalue weighted by Crippen LogP contribution is 2.39. The van der Waals surface area contributed by atoms with Gasteiger partial charge in [0.1, 0.15) is 0 Å². The van der Waals surface area contributed by atoms with E-state index in [0.717, 1.165) is 32.1 Å². The summed E-state index contributed by atoms with van der Waals surface area (Å²) in [7, 11) is 0. The third kappa shape index (κ3) is 5.88. The van der Waals surface area contributed by atoms with Gasteiger partial charge in [-0.2, -0.15) is 0 Å². The molecule has 6 heteroatoms. The molecule has 2 unspecified atom stereocenters. The van der Waals surface area contributed by atoms with Crippen molar-refractivity contribution in [2.24, 2.45) is 11.8 Å². The van der Waals surface area contributed by atoms with Crippen LogP contribution >= 0.6 is 31.9 Å². The fraction of sp³-hybridized carbons (Fsp3) is 0.625. The van der Waals surface area contributed by atoms with Crippen LogP contribution < -0.4 is 0 Å². The van der Waals surface area contributed by atoms with E-state index >= 15 is 0 Å². The molecule has 0 amide bonds. The molecule has 1 aliphatic rings. The van der Waals surface area contributed by atoms with Crippen molar-refractivity contribution in [2.75, 3.05) is 5.33 Å². The molecule has 1 aliphatic carbocycles. The molecule has 0 aromatic heterocycles. The maximum absolute atomic E-state index is 11.4. The molecular weight excluding hydrogens is 416 g/mol. The zero-order chi connectivity index (χ0) is 16.7. The van der Waals surface area contributed by atoms with Gasteiger partial charge in [-0.25, -0.2) is 9.59 Å². The smallest absolute Gasteiger partial charge is 0.331 e. The predicted molar refractivity (Wildman–Crippen MR) is 93.7 cm³/mol. The van der Waals surface area contributed by atoms with Crippen molar-refractivity contribution >= 4 is 43.8 Å². The van der Waals surface area contributed by atoms with Crippen LogP contribution in [0.2, 0.25) is 0 Å². The number of halogens is 2. The van der Waals surface area contributed by atoms with Crippen molar-refractivity contribution in [1.82, 2.24) is 0 Å². The minimum atomic E-state index is -1.06. The minimum Gasteiger partial charge on any atom is -0.478 e. The topological polar surface area (TPSA) is 74.6 Å². The fourth-order valence-corrected chi connectivity index (χ4v) is 3.67. The summed E-state index contributed by atoms with van der Waals surface area (Å²) in [5.41, 5.74) is 0.786. The maximum Gasteiger partial charge on any atom is 0.331 e. The van der Waals surface area contributed by atoms with Crippen LogP contribution in [0, 0.1) is 11.8 Å². The minimum absolute atomic E-state index is 0.0642. The summed E-state index contributed by atoms with van der Waals surface area (Å²) >= 11 is 6.86. The van der Waals surface area contributed by atoms with Crippen LogP contribution in [0.25, 0.3) is 0 Å². The van der Waals surface area contributed by atoms with Crippen LogP contribution in [-0.4, -0.2) is 32.3 Å². The largest absolute Gasteiger partial charge is 0.478 e. The summed E-state index contributed by atoms with van der Waals surface area (Å²) < 4.78 is 0. The van der Waals surface area contributed by atoms with E-state index in [1.54, 1.807) is 0 Å². The van der Waals surface area contributed by atoms with Gasteiger partial charge in [-0.3, -0.25) is 0 Å². The summed E-state index contributed by atoms with van der Waals surface area (Å²) in [6.07, 6.45) is 6.85. The maximum atomic E-state index is 11.4. The van der Waals surface area contributed by atoms with Gasteiger partial charge >= 0.3 is 11.9 Å². The Hall–Kier alpha value is -0.620. The lowest BCUT2D eigenvalue weighted by Gasteiger charge is -2.31. The van der Waals surface area contributed by atoms with E-state index < -0.39 is 17.9 Å². The molecule has 0 aromatic rings. The molecule has 22 heavy (non-hydrogen) atoms. The highest BCUT2D eigenvalue weighted by Gasteiger charge is 2.31. The summed E-state index contributed by atoms with van der Waals surface area (Å²) in [4.78, 5) is 22.7. The molecule has 1 saturated carbocycles. The van der Waals surface area contributed by atoms with E-state index in [2.05, 4.69) is 38.4 Å². The van der Waals surface area contributed by atoms with E-state index in [0.29, 0.717) is 17.3 Å². The van der Waals surface area contributed by atoms with Gasteiger partial charge in [0.25, 0.3) is 0 Å². The molecule has 0 bridgehead atoms. The zero-order valence-electron chi connectivity index (χ0n) is 12.4. The third-order valence-corrected chi connectivity index (χ3v) is 6.47. The summed E-state index contributed by atoms with van der Waals surface area (Å²) in [5, 5.41) is 19.2. The number of carboxylic acids is 2. The van der Waals surface area contributed by atoms with E-state index in [1.165, 1.54) is 6.08 Å². The van der Waals surface area contributed by atoms with Gasteiger partial charge in [0.05, 0.1) is 0 Å². The number of rotatable bonds is 8. The lowest BCUT2D eigenvalue weighted by molar-refractivity contribution is -0.134. The van der Waals surface area contributed by atoms with Crippen molar-refractivity contribution < 1.29 is 19.8 Å². The first-order chi connectivity index (χ1) is 10.4. The highest BCUT2D eigenvalue weighted by atomic mass is 79.9. The quantitative estimate of drug-likeness (QED) is 0.436. The molecular formula is C16H22Br2O4. The van der Waals surface area contributed by atoms with Crippen LogP contribution in [0.5, 0.6) is 0 Å². The fourth-order valence-electron chi connectivity index (χ4n) is 3.03. The SMILES string of the molecule is C=C(C(=O)O)C(CC(Br)CBr)C(=CC(=O)O)C1CCCCC1. The van der Waals surface area contributed by atoms with E-state index in [1.807, 2.05) is 0 Å². The van der Waals surface area contributed by atoms with Crippen LogP contribution in [0.1, 0.15) is 38.5 Å². The van der Waals surface area contributed by atoms with Gasteiger partial charge in [0.2, 0.25) is 0 Å². The van der Waals surface area contributed by atoms with Gasteiger partial charge < -0.3 is 10.2 Å². The van der Waals surface area contributed by atoms with Crippen molar-refractivity contribution in [1.29, 1.82) is 0 Å². The molecule has 2 N–H and O–H groups in total. The van der Waals surface area contributed by atoms with Crippen molar-refractivity contribution in [2.45, 2.75) is 43.4 Å². The lowest BCUT2D eigenvalue weighted by atomic mass is 9.74. The van der Waals surface area contributed by atoms with E-state index in [4.69, 9.17) is 0 Å². The average Bonchev–Trinajstić information content (AvgIpc) is 2.50. The molecule has 0 spiro atoms. The van der Waals surface area contributed by atoms with Crippen LogP contribution in [0.3, 0.4) is 0 Å². The monoisotopic (exact) mass is 436 g/mol. The number of hydrogen-bond acceptors (Lipinski definition) is 2. The first-order valence-electron chi connectivity index (χ1n) is 7.43. The first-order valence-corrected chi connectivity index (χ1v) is 9.47. The molecule has 0 aromatic carbocycles. The molecule has 124 valence electrons. The van der Waals surface area contributed by atoms with Crippen LogP contribution in [0.15, 0.2) is 23.8 Å². The molecule has 1 fully saturated rings. The van der Waals surface area contributed by atoms with Gasteiger partial charge in [-0.05, 0) is 25.2 Å². The number of hydrogen-bond donors (Lipinski definition) is 2. The Morgan fingerprint density at radius 3 is 2.27 bits per heavy atom. The molecule has 0 radical (unpaired) electrons. The third-order valence-electron chi connectivity index (χ3n) is 4.12. The van der Waals surface area contributed by atoms with Crippen molar-refractivity contribution in [3.8, 4) is 0 Å². The Balaban J connectivity index is 3.13. The van der Waals surface area contributed by atoms with E-state index in [-0.39, 0.29) is 16.3 Å². The molecule has 4 nitrogen and oxygen atoms in total. The Morgan fingerprint density at radius 2 is 1.82 bits per heavy atom. The summed E-state index contributed by atoms with van der Waals surface area (Å²) in [5.74, 6) is -2.39. The zero-order valence-corrected chi connectivity index (χ0v) is 15.6. The van der Waals surface area contributed by atoms with Gasteiger partial charge in [-0.15, -0.1) is 0 Å². The Labute approximate surface area is 147 Å². The summed E-state index contributed by atoms with van der Waals surface area (Å²) in [6.45, 7) is 3.70. The number of carboxylic acid groups (broad SMARTS) is 2. The highest BCUT2D eigenvalue weighted by molar-refractivity contribution is 9.12. The Bertz CT molecular complexity index is 453. The normalized spacial score (nSPS) is 19.5. The van der Waals surface area contributed by atoms with Crippen molar-refractivity contribution in [3.63, 3.8) is 0 Å². The van der Waals surface area contributed by atoms with Gasteiger partial charge in [0.15, 0.2) is 0 Å². The van der Waals surface area contributed by atoms with E-state index in [9.17, 15) is 19.8 Å².